The maximum atomic E-state index is 13.4. The minimum atomic E-state index is -0.725. The summed E-state index contributed by atoms with van der Waals surface area (Å²) < 4.78 is 17.0. The van der Waals surface area contributed by atoms with Gasteiger partial charge in [-0.05, 0) is 29.8 Å². The van der Waals surface area contributed by atoms with E-state index >= 15 is 0 Å². The predicted octanol–water partition coefficient (Wildman–Crippen LogP) is 2.34. The lowest BCUT2D eigenvalue weighted by Gasteiger charge is -2.23. The van der Waals surface area contributed by atoms with Crippen molar-refractivity contribution >= 4 is 17.5 Å². The fourth-order valence-electron chi connectivity index (χ4n) is 5.02. The molecule has 0 aromatic heterocycles. The standard InChI is InChI=1S/C23H20N2O5/c26-21(24-15-4-2-1-3-5-15)19-17-8-9-23(30-17)12-25(22(27)20(19)23)11-14-6-7-16-18(10-14)29-13-28-16/h1-10,17,19-20H,11-13H2,(H,24,26)/t17-,19+,20-,23-/m1/s1. The lowest BCUT2D eigenvalue weighted by atomic mass is 9.77. The van der Waals surface area contributed by atoms with Crippen molar-refractivity contribution in [2.75, 3.05) is 18.7 Å². The molecule has 0 unspecified atom stereocenters. The van der Waals surface area contributed by atoms with Gasteiger partial charge in [-0.2, -0.15) is 0 Å². The number of benzene rings is 2. The average molecular weight is 404 g/mol. The Morgan fingerprint density at radius 1 is 1.13 bits per heavy atom. The van der Waals surface area contributed by atoms with E-state index in [0.717, 1.165) is 5.56 Å². The number of hydrogen-bond donors (Lipinski definition) is 1. The van der Waals surface area contributed by atoms with Crippen LogP contribution < -0.4 is 14.8 Å². The third-order valence-electron chi connectivity index (χ3n) is 6.33. The summed E-state index contributed by atoms with van der Waals surface area (Å²) in [6.07, 6.45) is 3.52. The van der Waals surface area contributed by atoms with Gasteiger partial charge in [0.25, 0.3) is 0 Å². The molecule has 0 aliphatic carbocycles. The minimum absolute atomic E-state index is 0.0484. The monoisotopic (exact) mass is 404 g/mol. The van der Waals surface area contributed by atoms with Crippen LogP contribution in [0, 0.1) is 11.8 Å². The molecule has 0 saturated carbocycles. The van der Waals surface area contributed by atoms with Crippen molar-refractivity contribution in [2.24, 2.45) is 11.8 Å². The van der Waals surface area contributed by atoms with Gasteiger partial charge in [-0.1, -0.05) is 36.4 Å². The summed E-state index contributed by atoms with van der Waals surface area (Å²) in [5.41, 5.74) is 0.940. The largest absolute Gasteiger partial charge is 0.454 e. The molecule has 2 fully saturated rings. The Labute approximate surface area is 173 Å². The van der Waals surface area contributed by atoms with Crippen LogP contribution in [0.2, 0.25) is 0 Å². The Balaban J connectivity index is 1.24. The number of nitrogens with one attached hydrogen (secondary N) is 1. The van der Waals surface area contributed by atoms with E-state index < -0.39 is 17.4 Å². The summed E-state index contributed by atoms with van der Waals surface area (Å²) in [6, 6.07) is 15.0. The molecule has 4 atom stereocenters. The molecule has 30 heavy (non-hydrogen) atoms. The van der Waals surface area contributed by atoms with Gasteiger partial charge in [0.05, 0.1) is 24.5 Å². The van der Waals surface area contributed by atoms with Crippen LogP contribution in [0.5, 0.6) is 11.5 Å². The Kier molecular flexibility index (Phi) is 3.70. The number of nitrogens with zero attached hydrogens (tertiary/aromatic N) is 1. The maximum absolute atomic E-state index is 13.4. The highest BCUT2D eigenvalue weighted by Gasteiger charge is 2.66. The van der Waals surface area contributed by atoms with Crippen LogP contribution in [-0.2, 0) is 20.9 Å². The van der Waals surface area contributed by atoms with Crippen LogP contribution in [-0.4, -0.2) is 41.8 Å². The summed E-state index contributed by atoms with van der Waals surface area (Å²) in [6.45, 7) is 1.08. The van der Waals surface area contributed by atoms with Crippen molar-refractivity contribution in [3.8, 4) is 11.5 Å². The molecule has 2 amide bonds. The molecule has 2 saturated heterocycles. The summed E-state index contributed by atoms with van der Waals surface area (Å²) >= 11 is 0. The number of rotatable bonds is 4. The molecule has 1 spiro atoms. The summed E-state index contributed by atoms with van der Waals surface area (Å²) in [5.74, 6) is 0.127. The lowest BCUT2D eigenvalue weighted by molar-refractivity contribution is -0.136. The maximum Gasteiger partial charge on any atom is 0.231 e. The van der Waals surface area contributed by atoms with Gasteiger partial charge in [-0.15, -0.1) is 0 Å². The quantitative estimate of drug-likeness (QED) is 0.792. The molecular weight excluding hydrogens is 384 g/mol. The summed E-state index contributed by atoms with van der Waals surface area (Å²) in [5, 5.41) is 2.94. The van der Waals surface area contributed by atoms with E-state index in [9.17, 15) is 9.59 Å². The van der Waals surface area contributed by atoms with Gasteiger partial charge < -0.3 is 24.4 Å². The number of para-hydroxylation sites is 1. The number of amides is 2. The first-order valence-electron chi connectivity index (χ1n) is 10.0. The topological polar surface area (TPSA) is 77.1 Å². The summed E-state index contributed by atoms with van der Waals surface area (Å²) in [4.78, 5) is 28.2. The molecule has 2 bridgehead atoms. The number of ether oxygens (including phenoxy) is 3. The van der Waals surface area contributed by atoms with E-state index in [1.165, 1.54) is 0 Å². The molecular formula is C23H20N2O5. The van der Waals surface area contributed by atoms with E-state index in [1.807, 2.05) is 60.7 Å². The molecule has 1 N–H and O–H groups in total. The number of carbonyl (C=O) groups excluding carboxylic acids is 2. The molecule has 2 aromatic carbocycles. The number of likely N-dealkylation sites (tertiary alicyclic amines) is 1. The first-order valence-corrected chi connectivity index (χ1v) is 10.0. The molecule has 4 aliphatic heterocycles. The van der Waals surface area contributed by atoms with E-state index in [2.05, 4.69) is 5.32 Å². The van der Waals surface area contributed by atoms with Crippen LogP contribution in [0.25, 0.3) is 0 Å². The van der Waals surface area contributed by atoms with Gasteiger partial charge >= 0.3 is 0 Å². The van der Waals surface area contributed by atoms with Crippen LogP contribution >= 0.6 is 0 Å². The molecule has 0 radical (unpaired) electrons. The zero-order valence-electron chi connectivity index (χ0n) is 16.1. The van der Waals surface area contributed by atoms with Gasteiger partial charge in [0, 0.05) is 12.2 Å². The average Bonchev–Trinajstić information content (AvgIpc) is 3.50. The lowest BCUT2D eigenvalue weighted by Crippen LogP contribution is -2.41. The van der Waals surface area contributed by atoms with Gasteiger partial charge in [0.1, 0.15) is 5.60 Å². The molecule has 2 aromatic rings. The smallest absolute Gasteiger partial charge is 0.231 e. The van der Waals surface area contributed by atoms with Gasteiger partial charge in [0.15, 0.2) is 11.5 Å². The second-order valence-corrected chi connectivity index (χ2v) is 8.14. The normalized spacial score (nSPS) is 30.1. The Bertz CT molecular complexity index is 1070. The zero-order chi connectivity index (χ0) is 20.3. The van der Waals surface area contributed by atoms with E-state index in [-0.39, 0.29) is 24.7 Å². The van der Waals surface area contributed by atoms with Crippen molar-refractivity contribution < 1.29 is 23.8 Å². The van der Waals surface area contributed by atoms with E-state index in [1.54, 1.807) is 4.90 Å². The predicted molar refractivity (Wildman–Crippen MR) is 107 cm³/mol. The van der Waals surface area contributed by atoms with E-state index in [4.69, 9.17) is 14.2 Å². The fraction of sp³-hybridized carbons (Fsp3) is 0.304. The minimum Gasteiger partial charge on any atom is -0.454 e. The molecule has 152 valence electrons. The third-order valence-corrected chi connectivity index (χ3v) is 6.33. The SMILES string of the molecule is O=C(Nc1ccccc1)[C@H]1[C@H]2C=C[C@]3(CN(Cc4ccc5c(c4)OCO5)C(=O)[C@@H]13)O2. The molecule has 7 nitrogen and oxygen atoms in total. The van der Waals surface area contributed by atoms with Crippen molar-refractivity contribution in [1.29, 1.82) is 0 Å². The van der Waals surface area contributed by atoms with Crippen LogP contribution in [0.15, 0.2) is 60.7 Å². The van der Waals surface area contributed by atoms with Crippen LogP contribution in [0.4, 0.5) is 5.69 Å². The van der Waals surface area contributed by atoms with Crippen LogP contribution in [0.1, 0.15) is 5.56 Å². The van der Waals surface area contributed by atoms with Gasteiger partial charge in [0.2, 0.25) is 18.6 Å². The first kappa shape index (κ1) is 17.5. The number of anilines is 1. The highest BCUT2D eigenvalue weighted by Crippen LogP contribution is 2.52. The van der Waals surface area contributed by atoms with Crippen molar-refractivity contribution in [2.45, 2.75) is 18.2 Å². The van der Waals surface area contributed by atoms with Crippen molar-refractivity contribution in [3.05, 3.63) is 66.2 Å². The van der Waals surface area contributed by atoms with Gasteiger partial charge in [-0.3, -0.25) is 9.59 Å². The highest BCUT2D eigenvalue weighted by molar-refractivity contribution is 5.99. The summed E-state index contributed by atoms with van der Waals surface area (Å²) in [7, 11) is 0. The zero-order valence-corrected chi connectivity index (χ0v) is 16.1. The van der Waals surface area contributed by atoms with Crippen molar-refractivity contribution in [1.82, 2.24) is 4.90 Å². The Morgan fingerprint density at radius 2 is 1.97 bits per heavy atom. The molecule has 6 rings (SSSR count). The number of carbonyl (C=O) groups is 2. The Hall–Kier alpha value is -3.32. The molecule has 4 heterocycles. The number of fused-ring (bicyclic) bond motifs is 2. The second-order valence-electron chi connectivity index (χ2n) is 8.14. The van der Waals surface area contributed by atoms with Crippen LogP contribution in [0.3, 0.4) is 0 Å². The number of hydrogen-bond acceptors (Lipinski definition) is 5. The molecule has 4 aliphatic rings. The second kappa shape index (κ2) is 6.34. The fourth-order valence-corrected chi connectivity index (χ4v) is 5.02. The van der Waals surface area contributed by atoms with E-state index in [0.29, 0.717) is 30.3 Å². The first-order chi connectivity index (χ1) is 14.6. The van der Waals surface area contributed by atoms with Crippen molar-refractivity contribution in [3.63, 3.8) is 0 Å². The third kappa shape index (κ3) is 2.55. The van der Waals surface area contributed by atoms with Gasteiger partial charge in [-0.25, -0.2) is 0 Å². The molecule has 7 heteroatoms. The highest BCUT2D eigenvalue weighted by atomic mass is 16.7. The Morgan fingerprint density at radius 3 is 2.83 bits per heavy atom.